The molecule has 4 heterocycles. The number of fused-ring (bicyclic) bond motifs is 2. The Balaban J connectivity index is 1.46. The third kappa shape index (κ3) is 5.78. The average Bonchev–Trinajstić information content (AvgIpc) is 3.44. The third-order valence-electron chi connectivity index (χ3n) is 8.72. The van der Waals surface area contributed by atoms with Crippen LogP contribution in [0, 0.1) is 17.1 Å². The maximum Gasteiger partial charge on any atom is 0.319 e. The van der Waals surface area contributed by atoms with Gasteiger partial charge >= 0.3 is 6.01 Å². The van der Waals surface area contributed by atoms with E-state index < -0.39 is 5.82 Å². The fraction of sp³-hybridized carbons (Fsp3) is 0.438. The normalized spacial score (nSPS) is 20.6. The summed E-state index contributed by atoms with van der Waals surface area (Å²) in [5.74, 6) is 0.787. The fourth-order valence-electron chi connectivity index (χ4n) is 6.43. The van der Waals surface area contributed by atoms with Crippen LogP contribution in [0.25, 0.3) is 22.0 Å². The number of amides is 1. The number of likely N-dealkylation sites (N-methyl/N-ethyl adjacent to an activating group) is 1. The lowest BCUT2D eigenvalue weighted by molar-refractivity contribution is -0.128. The van der Waals surface area contributed by atoms with Crippen molar-refractivity contribution >= 4 is 46.0 Å². The molecule has 0 spiro atoms. The Labute approximate surface area is 260 Å². The van der Waals surface area contributed by atoms with Crippen LogP contribution >= 0.6 is 23.4 Å². The van der Waals surface area contributed by atoms with Crippen LogP contribution in [0.4, 0.5) is 10.2 Å². The van der Waals surface area contributed by atoms with Crippen molar-refractivity contribution in [1.29, 1.82) is 5.26 Å². The molecule has 3 aromatic rings. The second kappa shape index (κ2) is 12.7. The van der Waals surface area contributed by atoms with E-state index >= 15 is 4.39 Å². The Morgan fingerprint density at radius 3 is 2.91 bits per heavy atom. The molecular weight excluding hydrogens is 587 g/mol. The number of benzene rings is 2. The number of ether oxygens (including phenoxy) is 1. The highest BCUT2D eigenvalue weighted by molar-refractivity contribution is 7.99. The van der Waals surface area contributed by atoms with E-state index in [9.17, 15) is 10.1 Å². The summed E-state index contributed by atoms with van der Waals surface area (Å²) in [5.41, 5.74) is 2.37. The van der Waals surface area contributed by atoms with Gasteiger partial charge in [-0.25, -0.2) is 4.39 Å². The zero-order valence-corrected chi connectivity index (χ0v) is 25.8. The van der Waals surface area contributed by atoms with Crippen molar-refractivity contribution in [2.24, 2.45) is 0 Å². The molecule has 2 atom stereocenters. The molecule has 3 aliphatic rings. The summed E-state index contributed by atoms with van der Waals surface area (Å²) in [5, 5.41) is 10.3. The molecule has 2 fully saturated rings. The van der Waals surface area contributed by atoms with Crippen molar-refractivity contribution in [2.75, 3.05) is 50.5 Å². The Bertz CT molecular complexity index is 1610. The van der Waals surface area contributed by atoms with Gasteiger partial charge in [-0.3, -0.25) is 4.79 Å². The Kier molecular flexibility index (Phi) is 8.75. The number of carbonyl (C=O) groups excluding carboxylic acids is 1. The number of piperazine rings is 1. The van der Waals surface area contributed by atoms with Crippen LogP contribution in [0.3, 0.4) is 0 Å². The molecule has 0 radical (unpaired) electrons. The fourth-order valence-corrected chi connectivity index (χ4v) is 7.80. The predicted molar refractivity (Wildman–Crippen MR) is 168 cm³/mol. The Hall–Kier alpha value is -3.39. The number of rotatable bonds is 7. The highest BCUT2D eigenvalue weighted by Gasteiger charge is 2.32. The van der Waals surface area contributed by atoms with Gasteiger partial charge in [-0.1, -0.05) is 30.3 Å². The molecule has 0 unspecified atom stereocenters. The number of hydrogen-bond acceptors (Lipinski definition) is 8. The first kappa shape index (κ1) is 29.7. The van der Waals surface area contributed by atoms with E-state index in [1.54, 1.807) is 22.7 Å². The zero-order valence-electron chi connectivity index (χ0n) is 24.2. The van der Waals surface area contributed by atoms with Gasteiger partial charge < -0.3 is 19.4 Å². The molecule has 43 heavy (non-hydrogen) atoms. The van der Waals surface area contributed by atoms with Crippen molar-refractivity contribution in [3.63, 3.8) is 0 Å². The van der Waals surface area contributed by atoms with E-state index in [0.717, 1.165) is 54.0 Å². The van der Waals surface area contributed by atoms with Crippen molar-refractivity contribution < 1.29 is 13.9 Å². The summed E-state index contributed by atoms with van der Waals surface area (Å²) in [6.45, 7) is 6.15. The molecule has 6 rings (SSSR count). The maximum atomic E-state index is 16.8. The van der Waals surface area contributed by atoms with Gasteiger partial charge in [0.25, 0.3) is 0 Å². The molecule has 0 saturated carbocycles. The van der Waals surface area contributed by atoms with Crippen LogP contribution in [0.15, 0.2) is 41.8 Å². The topological polar surface area (TPSA) is 85.6 Å². The van der Waals surface area contributed by atoms with Gasteiger partial charge in [-0.2, -0.15) is 15.2 Å². The van der Waals surface area contributed by atoms with Crippen LogP contribution in [-0.2, 0) is 11.2 Å². The minimum atomic E-state index is -0.507. The number of thioether (sulfide) groups is 1. The predicted octanol–water partition coefficient (Wildman–Crippen LogP) is 5.72. The minimum Gasteiger partial charge on any atom is -0.462 e. The summed E-state index contributed by atoms with van der Waals surface area (Å²) >= 11 is 8.68. The van der Waals surface area contributed by atoms with Gasteiger partial charge in [0.15, 0.2) is 5.82 Å². The third-order valence-corrected chi connectivity index (χ3v) is 10.2. The Morgan fingerprint density at radius 1 is 1.28 bits per heavy atom. The van der Waals surface area contributed by atoms with Crippen LogP contribution in [0.1, 0.15) is 31.2 Å². The number of nitriles is 1. The van der Waals surface area contributed by atoms with Gasteiger partial charge in [-0.05, 0) is 74.4 Å². The Morgan fingerprint density at radius 2 is 2.14 bits per heavy atom. The summed E-state index contributed by atoms with van der Waals surface area (Å²) in [6, 6.07) is 9.85. The lowest BCUT2D eigenvalue weighted by Crippen LogP contribution is -2.55. The van der Waals surface area contributed by atoms with E-state index in [4.69, 9.17) is 21.3 Å². The molecule has 224 valence electrons. The lowest BCUT2D eigenvalue weighted by atomic mass is 9.95. The van der Waals surface area contributed by atoms with E-state index in [2.05, 4.69) is 35.6 Å². The molecule has 1 amide bonds. The number of aromatic nitrogens is 2. The smallest absolute Gasteiger partial charge is 0.319 e. The molecule has 8 nitrogen and oxygen atoms in total. The highest BCUT2D eigenvalue weighted by atomic mass is 35.5. The maximum absolute atomic E-state index is 16.8. The standard InChI is InChI=1S/C32H34ClFN6O2S/c1-3-27(41)40-15-14-39(18-20(40)11-12-35)31-24-17-25(33)28(23-8-4-10-26-22(23)9-6-16-43-26)29(34)30(24)36-32(37-31)42-19-21-7-5-13-38(21)2/h3-4,8,10,17,20-21H,1,5-7,9,11,13-16,18-19H2,2H3/t20-,21-/m0/s1. The molecule has 3 aliphatic heterocycles. The SMILES string of the molecule is C=CC(=O)N1CCN(c2nc(OC[C@@H]3CCCN3C)nc3c(F)c(-c4cccc5c4CCCS5)c(Cl)cc23)C[C@@H]1CC#N. The van der Waals surface area contributed by atoms with Gasteiger partial charge in [0.1, 0.15) is 17.9 Å². The first-order chi connectivity index (χ1) is 20.9. The largest absolute Gasteiger partial charge is 0.462 e. The summed E-state index contributed by atoms with van der Waals surface area (Å²) in [7, 11) is 2.07. The van der Waals surface area contributed by atoms with E-state index in [1.165, 1.54) is 6.08 Å². The average molecular weight is 621 g/mol. The van der Waals surface area contributed by atoms with Crippen molar-refractivity contribution in [3.8, 4) is 23.2 Å². The molecule has 1 aromatic heterocycles. The number of halogens is 2. The number of likely N-dealkylation sites (tertiary alicyclic amines) is 1. The van der Waals surface area contributed by atoms with Gasteiger partial charge in [0.2, 0.25) is 5.91 Å². The van der Waals surface area contributed by atoms with Crippen LogP contribution in [-0.4, -0.2) is 83.3 Å². The molecule has 11 heteroatoms. The van der Waals surface area contributed by atoms with Gasteiger partial charge in [-0.15, -0.1) is 11.8 Å². The summed E-state index contributed by atoms with van der Waals surface area (Å²) in [6.07, 6.45) is 5.40. The second-order valence-electron chi connectivity index (χ2n) is 11.3. The van der Waals surface area contributed by atoms with E-state index in [-0.39, 0.29) is 41.0 Å². The van der Waals surface area contributed by atoms with Crippen molar-refractivity contribution in [1.82, 2.24) is 19.8 Å². The number of nitrogens with zero attached hydrogens (tertiary/aromatic N) is 6. The van der Waals surface area contributed by atoms with Gasteiger partial charge in [0, 0.05) is 41.5 Å². The van der Waals surface area contributed by atoms with E-state index in [1.807, 2.05) is 17.0 Å². The van der Waals surface area contributed by atoms with Crippen LogP contribution in [0.2, 0.25) is 5.02 Å². The van der Waals surface area contributed by atoms with Crippen LogP contribution < -0.4 is 9.64 Å². The molecule has 2 saturated heterocycles. The summed E-state index contributed by atoms with van der Waals surface area (Å²) < 4.78 is 22.9. The summed E-state index contributed by atoms with van der Waals surface area (Å²) in [4.78, 5) is 29.0. The number of anilines is 1. The van der Waals surface area contributed by atoms with Gasteiger partial charge in [0.05, 0.1) is 23.6 Å². The van der Waals surface area contributed by atoms with Crippen LogP contribution in [0.5, 0.6) is 6.01 Å². The monoisotopic (exact) mass is 620 g/mol. The molecular formula is C32H34ClFN6O2S. The van der Waals surface area contributed by atoms with E-state index in [0.29, 0.717) is 43.0 Å². The zero-order chi connectivity index (χ0) is 30.1. The quantitative estimate of drug-likeness (QED) is 0.310. The molecule has 0 aliphatic carbocycles. The van der Waals surface area contributed by atoms with Crippen molar-refractivity contribution in [3.05, 3.63) is 53.3 Å². The highest BCUT2D eigenvalue weighted by Crippen LogP contribution is 2.43. The molecule has 0 bridgehead atoms. The van der Waals surface area contributed by atoms with Crippen molar-refractivity contribution in [2.45, 2.75) is 49.1 Å². The second-order valence-corrected chi connectivity index (χ2v) is 12.8. The number of carbonyl (C=O) groups is 1. The lowest BCUT2D eigenvalue weighted by Gasteiger charge is -2.41. The first-order valence-corrected chi connectivity index (χ1v) is 16.1. The molecule has 0 N–H and O–H groups in total. The molecule has 2 aromatic carbocycles. The minimum absolute atomic E-state index is 0.0991. The number of hydrogen-bond donors (Lipinski definition) is 0. The first-order valence-electron chi connectivity index (χ1n) is 14.7.